The van der Waals surface area contributed by atoms with Crippen molar-refractivity contribution in [2.75, 3.05) is 36.0 Å². The van der Waals surface area contributed by atoms with Crippen molar-refractivity contribution in [1.82, 2.24) is 29.5 Å². The summed E-state index contributed by atoms with van der Waals surface area (Å²) in [6, 6.07) is 0. The summed E-state index contributed by atoms with van der Waals surface area (Å²) >= 11 is 0. The molecule has 128 valence electrons. The smallest absolute Gasteiger partial charge is 0.182 e. The molecule has 0 atom stereocenters. The molecular formula is C17H20N8. The molecule has 0 unspecified atom stereocenters. The number of aromatic nitrogens is 6. The number of hydrogen-bond donors (Lipinski definition) is 0. The van der Waals surface area contributed by atoms with Gasteiger partial charge in [-0.3, -0.25) is 0 Å². The van der Waals surface area contributed by atoms with Gasteiger partial charge in [-0.1, -0.05) is 0 Å². The highest BCUT2D eigenvalue weighted by molar-refractivity contribution is 5.83. The predicted octanol–water partition coefficient (Wildman–Crippen LogP) is 0.969. The molecule has 3 aromatic heterocycles. The second kappa shape index (κ2) is 5.65. The Hall–Kier alpha value is -2.77. The normalized spacial score (nSPS) is 17.3. The van der Waals surface area contributed by atoms with Gasteiger partial charge >= 0.3 is 0 Å². The van der Waals surface area contributed by atoms with E-state index in [-0.39, 0.29) is 0 Å². The van der Waals surface area contributed by atoms with Gasteiger partial charge in [-0.2, -0.15) is 0 Å². The van der Waals surface area contributed by atoms with Gasteiger partial charge in [0.05, 0.1) is 6.33 Å². The Morgan fingerprint density at radius 2 is 1.52 bits per heavy atom. The minimum absolute atomic E-state index is 0.753. The number of nitrogens with zero attached hydrogens (tertiary/aromatic N) is 8. The first-order valence-electron chi connectivity index (χ1n) is 8.76. The van der Waals surface area contributed by atoms with Gasteiger partial charge in [-0.05, 0) is 19.3 Å². The van der Waals surface area contributed by atoms with E-state index in [0.29, 0.717) is 0 Å². The molecule has 5 rings (SSSR count). The van der Waals surface area contributed by atoms with Gasteiger partial charge in [0.1, 0.15) is 24.0 Å². The molecule has 0 amide bonds. The number of anilines is 2. The molecule has 1 aliphatic carbocycles. The van der Waals surface area contributed by atoms with Crippen molar-refractivity contribution < 1.29 is 0 Å². The molecule has 8 nitrogen and oxygen atoms in total. The Kier molecular flexibility index (Phi) is 3.29. The first kappa shape index (κ1) is 14.6. The van der Waals surface area contributed by atoms with Crippen LogP contribution in [-0.4, -0.2) is 55.7 Å². The average molecular weight is 336 g/mol. The van der Waals surface area contributed by atoms with E-state index in [1.807, 2.05) is 11.6 Å². The lowest BCUT2D eigenvalue weighted by molar-refractivity contribution is 0.638. The fraction of sp³-hybridized carbons (Fsp3) is 0.471. The monoisotopic (exact) mass is 336 g/mol. The van der Waals surface area contributed by atoms with Gasteiger partial charge in [-0.15, -0.1) is 0 Å². The molecule has 1 aliphatic heterocycles. The zero-order valence-electron chi connectivity index (χ0n) is 14.3. The summed E-state index contributed by atoms with van der Waals surface area (Å²) in [5.41, 5.74) is 4.34. The van der Waals surface area contributed by atoms with Gasteiger partial charge in [0.2, 0.25) is 0 Å². The third-order valence-corrected chi connectivity index (χ3v) is 5.22. The third-order valence-electron chi connectivity index (χ3n) is 5.22. The molecule has 4 heterocycles. The van der Waals surface area contributed by atoms with E-state index in [1.54, 1.807) is 19.0 Å². The molecule has 25 heavy (non-hydrogen) atoms. The maximum atomic E-state index is 4.58. The third kappa shape index (κ3) is 2.32. The van der Waals surface area contributed by atoms with Gasteiger partial charge < -0.3 is 14.4 Å². The van der Waals surface area contributed by atoms with Crippen LogP contribution in [0.1, 0.15) is 17.7 Å². The lowest BCUT2D eigenvalue weighted by Crippen LogP contribution is -2.47. The van der Waals surface area contributed by atoms with Gasteiger partial charge in [-0.25, -0.2) is 24.9 Å². The molecule has 0 aromatic carbocycles. The summed E-state index contributed by atoms with van der Waals surface area (Å²) in [6.07, 6.45) is 8.50. The SMILES string of the molecule is Cn1cnc2ncnc(N3CCN(c4ncnc5c4CCC5)CC3)c21. The Morgan fingerprint density at radius 3 is 2.36 bits per heavy atom. The van der Waals surface area contributed by atoms with Crippen LogP contribution in [0.3, 0.4) is 0 Å². The minimum Gasteiger partial charge on any atom is -0.353 e. The summed E-state index contributed by atoms with van der Waals surface area (Å²) in [4.78, 5) is 26.9. The standard InChI is InChI=1S/C17H20N8/c1-23-11-22-15-14(23)17(21-10-19-15)25-7-5-24(6-8-25)16-12-3-2-4-13(12)18-9-20-16/h9-11H,2-8H2,1H3. The molecule has 0 radical (unpaired) electrons. The summed E-state index contributed by atoms with van der Waals surface area (Å²) in [5.74, 6) is 2.10. The second-order valence-electron chi connectivity index (χ2n) is 6.68. The van der Waals surface area contributed by atoms with Crippen molar-refractivity contribution >= 4 is 22.8 Å². The molecule has 8 heteroatoms. The quantitative estimate of drug-likeness (QED) is 0.690. The maximum Gasteiger partial charge on any atom is 0.182 e. The summed E-state index contributed by atoms with van der Waals surface area (Å²) in [5, 5.41) is 0. The van der Waals surface area contributed by atoms with Crippen LogP contribution in [0.25, 0.3) is 11.2 Å². The molecule has 0 spiro atoms. The minimum atomic E-state index is 0.753. The lowest BCUT2D eigenvalue weighted by atomic mass is 10.2. The van der Waals surface area contributed by atoms with Crippen LogP contribution >= 0.6 is 0 Å². The van der Waals surface area contributed by atoms with E-state index < -0.39 is 0 Å². The van der Waals surface area contributed by atoms with Crippen LogP contribution in [0, 0.1) is 0 Å². The first-order chi connectivity index (χ1) is 12.3. The molecule has 0 N–H and O–H groups in total. The Balaban J connectivity index is 1.40. The van der Waals surface area contributed by atoms with E-state index >= 15 is 0 Å². The zero-order chi connectivity index (χ0) is 16.8. The summed E-state index contributed by atoms with van der Waals surface area (Å²) < 4.78 is 1.99. The molecule has 0 saturated carbocycles. The number of hydrogen-bond acceptors (Lipinski definition) is 7. The molecule has 1 fully saturated rings. The Bertz CT molecular complexity index is 926. The summed E-state index contributed by atoms with van der Waals surface area (Å²) in [7, 11) is 1.99. The summed E-state index contributed by atoms with van der Waals surface area (Å²) in [6.45, 7) is 3.70. The average Bonchev–Trinajstić information content (AvgIpc) is 3.28. The van der Waals surface area contributed by atoms with Crippen LogP contribution < -0.4 is 9.80 Å². The van der Waals surface area contributed by atoms with E-state index in [0.717, 1.165) is 61.8 Å². The van der Waals surface area contributed by atoms with Crippen molar-refractivity contribution in [1.29, 1.82) is 0 Å². The largest absolute Gasteiger partial charge is 0.353 e. The van der Waals surface area contributed by atoms with Crippen molar-refractivity contribution in [2.45, 2.75) is 19.3 Å². The predicted molar refractivity (Wildman–Crippen MR) is 94.8 cm³/mol. The number of rotatable bonds is 2. The van der Waals surface area contributed by atoms with E-state index in [9.17, 15) is 0 Å². The van der Waals surface area contributed by atoms with Crippen molar-refractivity contribution in [3.63, 3.8) is 0 Å². The highest BCUT2D eigenvalue weighted by atomic mass is 15.3. The van der Waals surface area contributed by atoms with Crippen LogP contribution in [0.15, 0.2) is 19.0 Å². The number of imidazole rings is 1. The van der Waals surface area contributed by atoms with E-state index in [2.05, 4.69) is 34.7 Å². The topological polar surface area (TPSA) is 75.9 Å². The Morgan fingerprint density at radius 1 is 0.800 bits per heavy atom. The van der Waals surface area contributed by atoms with Gasteiger partial charge in [0, 0.05) is 44.5 Å². The maximum absolute atomic E-state index is 4.58. The van der Waals surface area contributed by atoms with Crippen molar-refractivity contribution in [2.24, 2.45) is 7.05 Å². The highest BCUT2D eigenvalue weighted by Crippen LogP contribution is 2.29. The van der Waals surface area contributed by atoms with Crippen LogP contribution in [0.4, 0.5) is 11.6 Å². The number of piperazine rings is 1. The number of aryl methyl sites for hydroxylation is 2. The highest BCUT2D eigenvalue weighted by Gasteiger charge is 2.26. The Labute approximate surface area is 145 Å². The zero-order valence-corrected chi connectivity index (χ0v) is 14.3. The van der Waals surface area contributed by atoms with Crippen LogP contribution in [0.2, 0.25) is 0 Å². The van der Waals surface area contributed by atoms with Crippen molar-refractivity contribution in [3.8, 4) is 0 Å². The van der Waals surface area contributed by atoms with Gasteiger partial charge in [0.15, 0.2) is 11.5 Å². The molecule has 0 bridgehead atoms. The molecular weight excluding hydrogens is 316 g/mol. The molecule has 1 saturated heterocycles. The number of fused-ring (bicyclic) bond motifs is 2. The van der Waals surface area contributed by atoms with Crippen LogP contribution in [-0.2, 0) is 19.9 Å². The van der Waals surface area contributed by atoms with Crippen LogP contribution in [0.5, 0.6) is 0 Å². The fourth-order valence-corrected chi connectivity index (χ4v) is 3.95. The van der Waals surface area contributed by atoms with Crippen molar-refractivity contribution in [3.05, 3.63) is 30.2 Å². The van der Waals surface area contributed by atoms with E-state index in [1.165, 1.54) is 17.7 Å². The van der Waals surface area contributed by atoms with E-state index in [4.69, 9.17) is 0 Å². The van der Waals surface area contributed by atoms with Gasteiger partial charge in [0.25, 0.3) is 0 Å². The lowest BCUT2D eigenvalue weighted by Gasteiger charge is -2.36. The molecule has 2 aliphatic rings. The second-order valence-corrected chi connectivity index (χ2v) is 6.68. The fourth-order valence-electron chi connectivity index (χ4n) is 3.95. The molecule has 3 aromatic rings. The first-order valence-corrected chi connectivity index (χ1v) is 8.76.